The summed E-state index contributed by atoms with van der Waals surface area (Å²) < 4.78 is 7.23. The highest BCUT2D eigenvalue weighted by molar-refractivity contribution is 6.10. The first kappa shape index (κ1) is 27.9. The van der Waals surface area contributed by atoms with Gasteiger partial charge >= 0.3 is 6.09 Å². The molecule has 1 heterocycles. The minimum Gasteiger partial charge on any atom is -0.444 e. The van der Waals surface area contributed by atoms with Crippen LogP contribution in [0.15, 0.2) is 60.7 Å². The van der Waals surface area contributed by atoms with Gasteiger partial charge in [-0.1, -0.05) is 48.5 Å². The molecule has 1 aliphatic carbocycles. The maximum absolute atomic E-state index is 13.9. The molecule has 0 spiro atoms. The molecule has 1 aliphatic rings. The molecule has 0 bridgehead atoms. The number of alkyl carbamates (subject to hydrolysis) is 1. The lowest BCUT2D eigenvalue weighted by Crippen LogP contribution is -2.45. The highest BCUT2D eigenvalue weighted by Crippen LogP contribution is 2.30. The maximum atomic E-state index is 13.9. The zero-order valence-electron chi connectivity index (χ0n) is 23.6. The molecule has 1 fully saturated rings. The summed E-state index contributed by atoms with van der Waals surface area (Å²) in [6, 6.07) is 21.3. The molecule has 8 heteroatoms. The molecule has 1 aromatic heterocycles. The van der Waals surface area contributed by atoms with Crippen molar-refractivity contribution in [1.29, 1.82) is 5.26 Å². The van der Waals surface area contributed by atoms with Gasteiger partial charge in [0.05, 0.1) is 22.7 Å². The van der Waals surface area contributed by atoms with Gasteiger partial charge in [-0.05, 0) is 74.9 Å². The van der Waals surface area contributed by atoms with Crippen molar-refractivity contribution in [3.8, 4) is 6.07 Å². The first-order chi connectivity index (χ1) is 19.7. The van der Waals surface area contributed by atoms with Crippen LogP contribution in [0.5, 0.6) is 0 Å². The molecule has 0 saturated heterocycles. The number of hydrogen-bond donors (Lipinski definition) is 2. The SMILES string of the molecule is CC(C)(C)OC(=O)NC1CCC(NC(=O)c2c(C=O)c3ccc(C#N)cc3n2Cc2cccc3ccccc23)CC1. The molecule has 5 rings (SSSR count). The van der Waals surface area contributed by atoms with Gasteiger partial charge in [-0.15, -0.1) is 0 Å². The van der Waals surface area contributed by atoms with E-state index in [9.17, 15) is 19.6 Å². The number of amides is 2. The third-order valence-electron chi connectivity index (χ3n) is 7.56. The van der Waals surface area contributed by atoms with E-state index in [1.54, 1.807) is 18.2 Å². The van der Waals surface area contributed by atoms with E-state index in [2.05, 4.69) is 16.7 Å². The number of rotatable bonds is 6. The number of fused-ring (bicyclic) bond motifs is 2. The van der Waals surface area contributed by atoms with E-state index in [1.165, 1.54) is 0 Å². The monoisotopic (exact) mass is 550 g/mol. The fourth-order valence-electron chi connectivity index (χ4n) is 5.68. The van der Waals surface area contributed by atoms with Gasteiger partial charge in [0, 0.05) is 24.0 Å². The quantitative estimate of drug-likeness (QED) is 0.282. The van der Waals surface area contributed by atoms with Crippen LogP contribution in [-0.4, -0.2) is 40.5 Å². The lowest BCUT2D eigenvalue weighted by molar-refractivity contribution is 0.0487. The summed E-state index contributed by atoms with van der Waals surface area (Å²) in [5, 5.41) is 18.4. The number of nitrogens with one attached hydrogen (secondary N) is 2. The molecule has 1 saturated carbocycles. The molecule has 0 unspecified atom stereocenters. The molecule has 8 nitrogen and oxygen atoms in total. The molecule has 0 aliphatic heterocycles. The van der Waals surface area contributed by atoms with Crippen LogP contribution in [0.4, 0.5) is 4.79 Å². The second kappa shape index (κ2) is 11.5. The number of ether oxygens (including phenoxy) is 1. The van der Waals surface area contributed by atoms with Crippen LogP contribution in [0.3, 0.4) is 0 Å². The van der Waals surface area contributed by atoms with E-state index in [4.69, 9.17) is 4.74 Å². The molecule has 2 N–H and O–H groups in total. The Morgan fingerprint density at radius 2 is 1.66 bits per heavy atom. The van der Waals surface area contributed by atoms with Crippen molar-refractivity contribution in [3.63, 3.8) is 0 Å². The van der Waals surface area contributed by atoms with Gasteiger partial charge in [0.15, 0.2) is 6.29 Å². The van der Waals surface area contributed by atoms with E-state index in [0.717, 1.165) is 22.6 Å². The second-order valence-corrected chi connectivity index (χ2v) is 11.6. The second-order valence-electron chi connectivity index (χ2n) is 11.6. The van der Waals surface area contributed by atoms with Crippen molar-refractivity contribution in [2.75, 3.05) is 0 Å². The molecule has 0 atom stereocenters. The summed E-state index contributed by atoms with van der Waals surface area (Å²) in [5.74, 6) is -0.328. The Bertz CT molecular complexity index is 1660. The molecule has 41 heavy (non-hydrogen) atoms. The van der Waals surface area contributed by atoms with Crippen molar-refractivity contribution in [2.24, 2.45) is 0 Å². The molecule has 210 valence electrons. The molecule has 2 amide bonds. The van der Waals surface area contributed by atoms with E-state index in [0.29, 0.717) is 54.3 Å². The van der Waals surface area contributed by atoms with Crippen molar-refractivity contribution >= 4 is 40.0 Å². The predicted molar refractivity (Wildman–Crippen MR) is 158 cm³/mol. The van der Waals surface area contributed by atoms with Crippen LogP contribution in [0, 0.1) is 11.3 Å². The van der Waals surface area contributed by atoms with Crippen LogP contribution in [-0.2, 0) is 11.3 Å². The summed E-state index contributed by atoms with van der Waals surface area (Å²) in [5.41, 5.74) is 2.14. The number of carbonyl (C=O) groups is 3. The van der Waals surface area contributed by atoms with Gasteiger partial charge in [-0.25, -0.2) is 4.79 Å². The number of benzene rings is 3. The lowest BCUT2D eigenvalue weighted by Gasteiger charge is -2.30. The first-order valence-corrected chi connectivity index (χ1v) is 14.0. The van der Waals surface area contributed by atoms with Crippen LogP contribution < -0.4 is 10.6 Å². The summed E-state index contributed by atoms with van der Waals surface area (Å²) in [6.07, 6.45) is 3.07. The molecular formula is C33H34N4O4. The molecule has 4 aromatic rings. The summed E-state index contributed by atoms with van der Waals surface area (Å²) in [7, 11) is 0. The van der Waals surface area contributed by atoms with Gasteiger partial charge in [-0.2, -0.15) is 5.26 Å². The Hall–Kier alpha value is -4.64. The average Bonchev–Trinajstić information content (AvgIpc) is 3.25. The minimum atomic E-state index is -0.565. The fraction of sp³-hybridized carbons (Fsp3) is 0.333. The molecular weight excluding hydrogens is 516 g/mol. The van der Waals surface area contributed by atoms with Crippen LogP contribution in [0.2, 0.25) is 0 Å². The van der Waals surface area contributed by atoms with E-state index >= 15 is 0 Å². The smallest absolute Gasteiger partial charge is 0.407 e. The van der Waals surface area contributed by atoms with Crippen molar-refractivity contribution in [3.05, 3.63) is 83.0 Å². The van der Waals surface area contributed by atoms with Crippen LogP contribution >= 0.6 is 0 Å². The highest BCUT2D eigenvalue weighted by atomic mass is 16.6. The summed E-state index contributed by atoms with van der Waals surface area (Å²) in [4.78, 5) is 38.4. The van der Waals surface area contributed by atoms with Crippen molar-refractivity contribution < 1.29 is 19.1 Å². The lowest BCUT2D eigenvalue weighted by atomic mass is 9.91. The Kier molecular flexibility index (Phi) is 7.80. The zero-order chi connectivity index (χ0) is 29.1. The Morgan fingerprint density at radius 1 is 0.976 bits per heavy atom. The number of aromatic nitrogens is 1. The summed E-state index contributed by atoms with van der Waals surface area (Å²) >= 11 is 0. The number of nitrogens with zero attached hydrogens (tertiary/aromatic N) is 2. The van der Waals surface area contributed by atoms with Gasteiger partial charge in [0.2, 0.25) is 0 Å². The number of aldehydes is 1. The van der Waals surface area contributed by atoms with Gasteiger partial charge in [-0.3, -0.25) is 9.59 Å². The van der Waals surface area contributed by atoms with E-state index in [-0.39, 0.29) is 23.7 Å². The maximum Gasteiger partial charge on any atom is 0.407 e. The molecule has 3 aromatic carbocycles. The predicted octanol–water partition coefficient (Wildman–Crippen LogP) is 6.09. The number of carbonyl (C=O) groups excluding carboxylic acids is 3. The average molecular weight is 551 g/mol. The normalized spacial score (nSPS) is 17.1. The minimum absolute atomic E-state index is 0.0225. The van der Waals surface area contributed by atoms with Crippen LogP contribution in [0.1, 0.15) is 78.4 Å². The summed E-state index contributed by atoms with van der Waals surface area (Å²) in [6.45, 7) is 5.84. The molecule has 0 radical (unpaired) electrons. The number of nitriles is 1. The van der Waals surface area contributed by atoms with E-state index < -0.39 is 11.7 Å². The van der Waals surface area contributed by atoms with Crippen LogP contribution in [0.25, 0.3) is 21.7 Å². The third-order valence-corrected chi connectivity index (χ3v) is 7.56. The van der Waals surface area contributed by atoms with Gasteiger partial charge < -0.3 is 19.9 Å². The van der Waals surface area contributed by atoms with E-state index in [1.807, 2.05) is 67.8 Å². The Labute approximate surface area is 239 Å². The number of hydrogen-bond acceptors (Lipinski definition) is 5. The fourth-order valence-corrected chi connectivity index (χ4v) is 5.68. The zero-order valence-corrected chi connectivity index (χ0v) is 23.6. The van der Waals surface area contributed by atoms with Crippen molar-refractivity contribution in [2.45, 2.75) is 70.7 Å². The van der Waals surface area contributed by atoms with Gasteiger partial charge in [0.25, 0.3) is 5.91 Å². The largest absolute Gasteiger partial charge is 0.444 e. The Balaban J connectivity index is 1.42. The Morgan fingerprint density at radius 3 is 2.34 bits per heavy atom. The standard InChI is InChI=1S/C33H34N4O4/c1-33(2,3)41-32(40)36-25-14-12-24(13-15-25)35-31(39)30-28(20-38)27-16-11-21(18-34)17-29(27)37(30)19-23-9-6-8-22-7-4-5-10-26(22)23/h4-11,16-17,20,24-25H,12-15,19H2,1-3H3,(H,35,39)(H,36,40). The third kappa shape index (κ3) is 6.09. The first-order valence-electron chi connectivity index (χ1n) is 14.0. The highest BCUT2D eigenvalue weighted by Gasteiger charge is 2.29. The van der Waals surface area contributed by atoms with Crippen molar-refractivity contribution in [1.82, 2.24) is 15.2 Å². The topological polar surface area (TPSA) is 113 Å². The van der Waals surface area contributed by atoms with Gasteiger partial charge in [0.1, 0.15) is 11.3 Å².